The number of rotatable bonds is 6. The van der Waals surface area contributed by atoms with Crippen LogP contribution >= 0.6 is 12.2 Å². The Labute approximate surface area is 90.1 Å². The number of nitrogens with two attached hydrogens (primary N) is 1. The molecule has 5 heteroatoms. The summed E-state index contributed by atoms with van der Waals surface area (Å²) in [6, 6.07) is -0.489. The zero-order chi connectivity index (χ0) is 11.3. The van der Waals surface area contributed by atoms with Crippen molar-refractivity contribution >= 4 is 23.2 Å². The third kappa shape index (κ3) is 4.02. The SMILES string of the molecule is CCN(CC(C)C(N)=S)C(C)C(=O)O. The third-order valence-corrected chi connectivity index (χ3v) is 2.71. The van der Waals surface area contributed by atoms with Gasteiger partial charge in [-0.3, -0.25) is 9.69 Å². The number of carboxylic acid groups (broad SMARTS) is 1. The van der Waals surface area contributed by atoms with Gasteiger partial charge >= 0.3 is 5.97 Å². The van der Waals surface area contributed by atoms with Gasteiger partial charge in [0, 0.05) is 12.5 Å². The van der Waals surface area contributed by atoms with Gasteiger partial charge in [0.15, 0.2) is 0 Å². The third-order valence-electron chi connectivity index (χ3n) is 2.31. The second kappa shape index (κ2) is 5.93. The van der Waals surface area contributed by atoms with Crippen LogP contribution in [0.2, 0.25) is 0 Å². The Morgan fingerprint density at radius 2 is 2.07 bits per heavy atom. The molecule has 0 radical (unpaired) electrons. The van der Waals surface area contributed by atoms with Crippen LogP contribution in [0.4, 0.5) is 0 Å². The molecule has 0 heterocycles. The highest BCUT2D eigenvalue weighted by Gasteiger charge is 2.21. The van der Waals surface area contributed by atoms with Crippen LogP contribution in [0.3, 0.4) is 0 Å². The molecular formula is C9H18N2O2S. The van der Waals surface area contributed by atoms with Crippen molar-refractivity contribution in [3.63, 3.8) is 0 Å². The summed E-state index contributed by atoms with van der Waals surface area (Å²) < 4.78 is 0. The first kappa shape index (κ1) is 13.3. The van der Waals surface area contributed by atoms with Gasteiger partial charge in [0.2, 0.25) is 0 Å². The minimum Gasteiger partial charge on any atom is -0.480 e. The van der Waals surface area contributed by atoms with Crippen LogP contribution in [0.5, 0.6) is 0 Å². The lowest BCUT2D eigenvalue weighted by molar-refractivity contribution is -0.142. The van der Waals surface area contributed by atoms with Crippen molar-refractivity contribution in [1.29, 1.82) is 0 Å². The van der Waals surface area contributed by atoms with Gasteiger partial charge in [0.25, 0.3) is 0 Å². The van der Waals surface area contributed by atoms with Gasteiger partial charge in [-0.05, 0) is 13.5 Å². The van der Waals surface area contributed by atoms with Crippen molar-refractivity contribution in [2.24, 2.45) is 11.7 Å². The summed E-state index contributed by atoms with van der Waals surface area (Å²) in [6.07, 6.45) is 0. The van der Waals surface area contributed by atoms with E-state index in [0.29, 0.717) is 18.1 Å². The van der Waals surface area contributed by atoms with Crippen LogP contribution in [0.1, 0.15) is 20.8 Å². The van der Waals surface area contributed by atoms with E-state index in [1.807, 2.05) is 18.7 Å². The quantitative estimate of drug-likeness (QED) is 0.643. The molecule has 0 bridgehead atoms. The Morgan fingerprint density at radius 3 is 2.36 bits per heavy atom. The molecule has 2 atom stereocenters. The van der Waals surface area contributed by atoms with E-state index < -0.39 is 12.0 Å². The maximum Gasteiger partial charge on any atom is 0.320 e. The molecular weight excluding hydrogens is 200 g/mol. The van der Waals surface area contributed by atoms with Crippen LogP contribution in [0.25, 0.3) is 0 Å². The lowest BCUT2D eigenvalue weighted by Gasteiger charge is -2.27. The number of nitrogens with zero attached hydrogens (tertiary/aromatic N) is 1. The normalized spacial score (nSPS) is 15.1. The molecule has 0 spiro atoms. The molecule has 0 aromatic carbocycles. The van der Waals surface area contributed by atoms with Crippen molar-refractivity contribution in [3.05, 3.63) is 0 Å². The fourth-order valence-electron chi connectivity index (χ4n) is 1.16. The Kier molecular flexibility index (Phi) is 5.64. The van der Waals surface area contributed by atoms with Crippen LogP contribution in [0, 0.1) is 5.92 Å². The number of hydrogen-bond acceptors (Lipinski definition) is 3. The molecule has 2 unspecified atom stereocenters. The molecule has 0 amide bonds. The smallest absolute Gasteiger partial charge is 0.320 e. The first-order valence-electron chi connectivity index (χ1n) is 4.66. The van der Waals surface area contributed by atoms with Crippen molar-refractivity contribution in [2.45, 2.75) is 26.8 Å². The first-order chi connectivity index (χ1) is 6.40. The standard InChI is InChI=1S/C9H18N2O2S/c1-4-11(7(3)9(12)13)5-6(2)8(10)14/h6-7H,4-5H2,1-3H3,(H2,10,14)(H,12,13). The van der Waals surface area contributed by atoms with Gasteiger partial charge in [0.05, 0.1) is 4.99 Å². The number of thiocarbonyl (C=S) groups is 1. The van der Waals surface area contributed by atoms with Crippen LogP contribution in [0.15, 0.2) is 0 Å². The van der Waals surface area contributed by atoms with Gasteiger partial charge in [-0.2, -0.15) is 0 Å². The van der Waals surface area contributed by atoms with Gasteiger partial charge < -0.3 is 10.8 Å². The van der Waals surface area contributed by atoms with Gasteiger partial charge in [0.1, 0.15) is 6.04 Å². The molecule has 0 aliphatic rings. The van der Waals surface area contributed by atoms with Gasteiger partial charge in [-0.25, -0.2) is 0 Å². The summed E-state index contributed by atoms with van der Waals surface area (Å²) >= 11 is 4.84. The van der Waals surface area contributed by atoms with Crippen LogP contribution < -0.4 is 5.73 Å². The minimum atomic E-state index is -0.818. The number of carboxylic acids is 1. The van der Waals surface area contributed by atoms with Crippen molar-refractivity contribution < 1.29 is 9.90 Å². The molecule has 3 N–H and O–H groups in total. The summed E-state index contributed by atoms with van der Waals surface area (Å²) in [5.41, 5.74) is 5.47. The lowest BCUT2D eigenvalue weighted by Crippen LogP contribution is -2.43. The number of hydrogen-bond donors (Lipinski definition) is 2. The maximum absolute atomic E-state index is 10.7. The Balaban J connectivity index is 4.28. The summed E-state index contributed by atoms with van der Waals surface area (Å²) in [4.78, 5) is 13.0. The van der Waals surface area contributed by atoms with Gasteiger partial charge in [-0.15, -0.1) is 0 Å². The first-order valence-corrected chi connectivity index (χ1v) is 5.07. The molecule has 0 aromatic rings. The number of carbonyl (C=O) groups is 1. The molecule has 0 aliphatic carbocycles. The minimum absolute atomic E-state index is 0.0479. The van der Waals surface area contributed by atoms with Crippen molar-refractivity contribution in [1.82, 2.24) is 4.90 Å². The second-order valence-corrected chi connectivity index (χ2v) is 3.88. The highest BCUT2D eigenvalue weighted by atomic mass is 32.1. The van der Waals surface area contributed by atoms with E-state index in [1.165, 1.54) is 0 Å². The second-order valence-electron chi connectivity index (χ2n) is 3.41. The summed E-state index contributed by atoms with van der Waals surface area (Å²) in [7, 11) is 0. The zero-order valence-corrected chi connectivity index (χ0v) is 9.67. The summed E-state index contributed by atoms with van der Waals surface area (Å²) in [6.45, 7) is 6.77. The summed E-state index contributed by atoms with van der Waals surface area (Å²) in [5, 5.41) is 8.83. The van der Waals surface area contributed by atoms with Crippen LogP contribution in [-0.2, 0) is 4.79 Å². The Hall–Kier alpha value is -0.680. The lowest BCUT2D eigenvalue weighted by atomic mass is 10.1. The topological polar surface area (TPSA) is 66.6 Å². The molecule has 0 aromatic heterocycles. The molecule has 0 saturated heterocycles. The molecule has 14 heavy (non-hydrogen) atoms. The van der Waals surface area contributed by atoms with Crippen molar-refractivity contribution in [2.75, 3.05) is 13.1 Å². The van der Waals surface area contributed by atoms with Gasteiger partial charge in [-0.1, -0.05) is 26.1 Å². The predicted octanol–water partition coefficient (Wildman–Crippen LogP) is 0.704. The van der Waals surface area contributed by atoms with E-state index in [0.717, 1.165) is 0 Å². The van der Waals surface area contributed by atoms with Crippen molar-refractivity contribution in [3.8, 4) is 0 Å². The average molecular weight is 218 g/mol. The highest BCUT2D eigenvalue weighted by molar-refractivity contribution is 7.80. The van der Waals surface area contributed by atoms with E-state index in [2.05, 4.69) is 0 Å². The molecule has 0 aliphatic heterocycles. The molecule has 0 fully saturated rings. The monoisotopic (exact) mass is 218 g/mol. The van der Waals surface area contributed by atoms with E-state index in [-0.39, 0.29) is 5.92 Å². The number of likely N-dealkylation sites (N-methyl/N-ethyl adjacent to an activating group) is 1. The van der Waals surface area contributed by atoms with E-state index >= 15 is 0 Å². The predicted molar refractivity (Wildman–Crippen MR) is 60.3 cm³/mol. The Morgan fingerprint density at radius 1 is 1.57 bits per heavy atom. The fourth-order valence-corrected chi connectivity index (χ4v) is 1.23. The molecule has 82 valence electrons. The Bertz CT molecular complexity index is 221. The molecule has 0 rings (SSSR count). The number of aliphatic carboxylic acids is 1. The zero-order valence-electron chi connectivity index (χ0n) is 8.86. The molecule has 4 nitrogen and oxygen atoms in total. The average Bonchev–Trinajstić information content (AvgIpc) is 2.12. The van der Waals surface area contributed by atoms with E-state index in [1.54, 1.807) is 6.92 Å². The summed E-state index contributed by atoms with van der Waals surface area (Å²) in [5.74, 6) is -0.770. The highest BCUT2D eigenvalue weighted by Crippen LogP contribution is 2.05. The molecule has 0 saturated carbocycles. The van der Waals surface area contributed by atoms with E-state index in [9.17, 15) is 4.79 Å². The fraction of sp³-hybridized carbons (Fsp3) is 0.778. The maximum atomic E-state index is 10.7. The largest absolute Gasteiger partial charge is 0.480 e. The van der Waals surface area contributed by atoms with Crippen LogP contribution in [-0.4, -0.2) is 40.1 Å². The van der Waals surface area contributed by atoms with E-state index in [4.69, 9.17) is 23.1 Å².